The summed E-state index contributed by atoms with van der Waals surface area (Å²) in [5.41, 5.74) is 5.13. The molecule has 7 heteroatoms. The predicted molar refractivity (Wildman–Crippen MR) is 57.9 cm³/mol. The molecule has 0 fully saturated rings. The molecule has 15 heavy (non-hydrogen) atoms. The highest BCUT2D eigenvalue weighted by atomic mass is 35.5. The molecule has 0 atom stereocenters. The minimum atomic E-state index is -3.76. The minimum Gasteiger partial charge on any atom is -0.329 e. The summed E-state index contributed by atoms with van der Waals surface area (Å²) in [5, 5.41) is 0. The van der Waals surface area contributed by atoms with E-state index < -0.39 is 15.8 Å². The molecular weight excluding hydrogens is 243 g/mol. The van der Waals surface area contributed by atoms with Crippen molar-refractivity contribution in [3.63, 3.8) is 0 Å². The van der Waals surface area contributed by atoms with Gasteiger partial charge in [0.05, 0.1) is 0 Å². The summed E-state index contributed by atoms with van der Waals surface area (Å²) in [6.07, 6.45) is 0. The fourth-order valence-corrected chi connectivity index (χ4v) is 2.06. The van der Waals surface area contributed by atoms with Crippen LogP contribution in [-0.4, -0.2) is 21.5 Å². The van der Waals surface area contributed by atoms with E-state index in [1.165, 1.54) is 18.2 Å². The van der Waals surface area contributed by atoms with Gasteiger partial charge in [0.1, 0.15) is 10.7 Å². The van der Waals surface area contributed by atoms with Crippen molar-refractivity contribution in [3.05, 3.63) is 30.1 Å². The monoisotopic (exact) mass is 254 g/mol. The van der Waals surface area contributed by atoms with E-state index >= 15 is 0 Å². The van der Waals surface area contributed by atoms with E-state index in [-0.39, 0.29) is 30.4 Å². The van der Waals surface area contributed by atoms with Gasteiger partial charge in [0.25, 0.3) is 0 Å². The molecule has 4 nitrogen and oxygen atoms in total. The molecule has 0 aromatic heterocycles. The Morgan fingerprint density at radius 2 is 1.93 bits per heavy atom. The summed E-state index contributed by atoms with van der Waals surface area (Å²) < 4.78 is 38.0. The van der Waals surface area contributed by atoms with Crippen molar-refractivity contribution < 1.29 is 12.8 Å². The standard InChI is InChI=1S/C8H11FN2O2S.ClH/c9-7-3-1-2-4-8(7)14(12,13)11-6-5-10;/h1-4,11H,5-6,10H2;1H. The second-order valence-corrected chi connectivity index (χ2v) is 4.35. The van der Waals surface area contributed by atoms with Gasteiger partial charge in [0.2, 0.25) is 10.0 Å². The summed E-state index contributed by atoms with van der Waals surface area (Å²) >= 11 is 0. The number of benzene rings is 1. The Hall–Kier alpha value is -0.690. The Kier molecular flexibility index (Phi) is 5.74. The largest absolute Gasteiger partial charge is 0.329 e. The van der Waals surface area contributed by atoms with Crippen LogP contribution >= 0.6 is 12.4 Å². The van der Waals surface area contributed by atoms with Gasteiger partial charge in [0, 0.05) is 13.1 Å². The fraction of sp³-hybridized carbons (Fsp3) is 0.250. The maximum atomic E-state index is 13.1. The second-order valence-electron chi connectivity index (χ2n) is 2.62. The van der Waals surface area contributed by atoms with E-state index in [0.29, 0.717) is 0 Å². The predicted octanol–water partition coefficient (Wildman–Crippen LogP) is 0.484. The Morgan fingerprint density at radius 1 is 1.33 bits per heavy atom. The lowest BCUT2D eigenvalue weighted by Crippen LogP contribution is -2.29. The third-order valence-electron chi connectivity index (χ3n) is 1.56. The molecule has 0 saturated heterocycles. The van der Waals surface area contributed by atoms with Gasteiger partial charge in [-0.1, -0.05) is 12.1 Å². The molecule has 86 valence electrons. The van der Waals surface area contributed by atoms with Crippen molar-refractivity contribution in [1.29, 1.82) is 0 Å². The van der Waals surface area contributed by atoms with E-state index in [9.17, 15) is 12.8 Å². The molecule has 0 bridgehead atoms. The van der Waals surface area contributed by atoms with Gasteiger partial charge in [-0.2, -0.15) is 0 Å². The Morgan fingerprint density at radius 3 is 2.47 bits per heavy atom. The van der Waals surface area contributed by atoms with Gasteiger partial charge >= 0.3 is 0 Å². The van der Waals surface area contributed by atoms with Crippen LogP contribution in [0.1, 0.15) is 0 Å². The molecule has 0 aliphatic rings. The molecule has 3 N–H and O–H groups in total. The molecule has 0 unspecified atom stereocenters. The normalized spacial score (nSPS) is 10.8. The Balaban J connectivity index is 0.00000196. The number of nitrogens with two attached hydrogens (primary N) is 1. The summed E-state index contributed by atoms with van der Waals surface area (Å²) in [6, 6.07) is 5.18. The number of hydrogen-bond donors (Lipinski definition) is 2. The highest BCUT2D eigenvalue weighted by Gasteiger charge is 2.16. The summed E-state index contributed by atoms with van der Waals surface area (Å²) in [5.74, 6) is -0.767. The topological polar surface area (TPSA) is 72.2 Å². The number of halogens is 2. The quantitative estimate of drug-likeness (QED) is 0.821. The van der Waals surface area contributed by atoms with E-state index in [2.05, 4.69) is 4.72 Å². The molecular formula is C8H12ClFN2O2S. The highest BCUT2D eigenvalue weighted by molar-refractivity contribution is 7.89. The first-order valence-corrected chi connectivity index (χ1v) is 5.50. The molecule has 1 rings (SSSR count). The third-order valence-corrected chi connectivity index (χ3v) is 3.06. The number of rotatable bonds is 4. The van der Waals surface area contributed by atoms with Crippen molar-refractivity contribution in [2.75, 3.05) is 13.1 Å². The average Bonchev–Trinajstić information content (AvgIpc) is 2.15. The van der Waals surface area contributed by atoms with Gasteiger partial charge in [-0.15, -0.1) is 12.4 Å². The molecule has 0 saturated carbocycles. The van der Waals surface area contributed by atoms with Crippen LogP contribution in [0.25, 0.3) is 0 Å². The van der Waals surface area contributed by atoms with Crippen molar-refractivity contribution in [2.45, 2.75) is 4.90 Å². The molecule has 0 radical (unpaired) electrons. The van der Waals surface area contributed by atoms with E-state index in [1.807, 2.05) is 0 Å². The zero-order valence-electron chi connectivity index (χ0n) is 7.81. The van der Waals surface area contributed by atoms with Crippen LogP contribution in [0.15, 0.2) is 29.2 Å². The SMILES string of the molecule is Cl.NCCNS(=O)(=O)c1ccccc1F. The van der Waals surface area contributed by atoms with Crippen LogP contribution in [0.5, 0.6) is 0 Å². The maximum Gasteiger partial charge on any atom is 0.243 e. The summed E-state index contributed by atoms with van der Waals surface area (Å²) in [7, 11) is -3.76. The molecule has 0 aliphatic carbocycles. The fourth-order valence-electron chi connectivity index (χ4n) is 0.934. The van der Waals surface area contributed by atoms with Gasteiger partial charge in [-0.3, -0.25) is 0 Å². The van der Waals surface area contributed by atoms with E-state index in [0.717, 1.165) is 6.07 Å². The molecule has 0 spiro atoms. The van der Waals surface area contributed by atoms with E-state index in [4.69, 9.17) is 5.73 Å². The minimum absolute atomic E-state index is 0. The third kappa shape index (κ3) is 3.75. The van der Waals surface area contributed by atoms with Crippen LogP contribution in [0.2, 0.25) is 0 Å². The zero-order valence-corrected chi connectivity index (χ0v) is 9.44. The van der Waals surface area contributed by atoms with Gasteiger partial charge < -0.3 is 5.73 Å². The lowest BCUT2D eigenvalue weighted by Gasteiger charge is -2.05. The average molecular weight is 255 g/mol. The van der Waals surface area contributed by atoms with Crippen LogP contribution in [0.3, 0.4) is 0 Å². The smallest absolute Gasteiger partial charge is 0.243 e. The summed E-state index contributed by atoms with van der Waals surface area (Å²) in [6.45, 7) is 0.268. The Bertz CT molecular complexity index is 411. The molecule has 0 heterocycles. The molecule has 1 aromatic carbocycles. The van der Waals surface area contributed by atoms with Crippen LogP contribution in [-0.2, 0) is 10.0 Å². The molecule has 0 amide bonds. The van der Waals surface area contributed by atoms with Crippen molar-refractivity contribution in [3.8, 4) is 0 Å². The number of hydrogen-bond acceptors (Lipinski definition) is 3. The van der Waals surface area contributed by atoms with Crippen molar-refractivity contribution in [2.24, 2.45) is 5.73 Å². The molecule has 0 aliphatic heterocycles. The number of nitrogens with one attached hydrogen (secondary N) is 1. The highest BCUT2D eigenvalue weighted by Crippen LogP contribution is 2.12. The number of sulfonamides is 1. The first-order valence-electron chi connectivity index (χ1n) is 4.02. The van der Waals surface area contributed by atoms with Gasteiger partial charge in [0.15, 0.2) is 0 Å². The lowest BCUT2D eigenvalue weighted by atomic mass is 10.4. The maximum absolute atomic E-state index is 13.1. The lowest BCUT2D eigenvalue weighted by molar-refractivity contribution is 0.557. The van der Waals surface area contributed by atoms with Crippen LogP contribution in [0, 0.1) is 5.82 Å². The summed E-state index contributed by atoms with van der Waals surface area (Å²) in [4.78, 5) is -0.353. The van der Waals surface area contributed by atoms with Gasteiger partial charge in [-0.05, 0) is 12.1 Å². The first kappa shape index (κ1) is 14.3. The second kappa shape index (κ2) is 6.02. The molecule has 1 aromatic rings. The van der Waals surface area contributed by atoms with Crippen LogP contribution < -0.4 is 10.5 Å². The van der Waals surface area contributed by atoms with Crippen molar-refractivity contribution >= 4 is 22.4 Å². The van der Waals surface area contributed by atoms with Crippen molar-refractivity contribution in [1.82, 2.24) is 4.72 Å². The van der Waals surface area contributed by atoms with E-state index in [1.54, 1.807) is 0 Å². The Labute approximate surface area is 94.1 Å². The first-order chi connectivity index (χ1) is 6.58. The van der Waals surface area contributed by atoms with Gasteiger partial charge in [-0.25, -0.2) is 17.5 Å². The zero-order chi connectivity index (χ0) is 10.6. The van der Waals surface area contributed by atoms with Crippen LogP contribution in [0.4, 0.5) is 4.39 Å².